The Hall–Kier alpha value is -0.120. The first-order valence-electron chi connectivity index (χ1n) is 5.93. The van der Waals surface area contributed by atoms with Crippen LogP contribution in [0.15, 0.2) is 0 Å². The summed E-state index contributed by atoms with van der Waals surface area (Å²) in [4.78, 5) is 2.42. The minimum atomic E-state index is -0.129. The van der Waals surface area contributed by atoms with Gasteiger partial charge in [0.25, 0.3) is 0 Å². The number of fused-ring (bicyclic) bond motifs is 1. The van der Waals surface area contributed by atoms with Crippen molar-refractivity contribution in [3.05, 3.63) is 0 Å². The molecule has 3 unspecified atom stereocenters. The van der Waals surface area contributed by atoms with Gasteiger partial charge in [0.1, 0.15) is 0 Å². The van der Waals surface area contributed by atoms with Crippen molar-refractivity contribution in [3.8, 4) is 0 Å². The van der Waals surface area contributed by atoms with Crippen LogP contribution in [0.1, 0.15) is 26.2 Å². The Morgan fingerprint density at radius 3 is 3.07 bits per heavy atom. The molecule has 0 aromatic heterocycles. The Kier molecular flexibility index (Phi) is 3.42. The highest BCUT2D eigenvalue weighted by Gasteiger charge is 2.34. The average molecular weight is 198 g/mol. The van der Waals surface area contributed by atoms with Crippen LogP contribution in [0.2, 0.25) is 0 Å². The number of β-amino-alcohol motifs (C(OH)–C–C–N with tert-alkyl or cyclic N) is 1. The molecule has 0 saturated carbocycles. The number of likely N-dealkylation sites (tertiary alicyclic amines) is 1. The fourth-order valence-corrected chi connectivity index (χ4v) is 2.71. The lowest BCUT2D eigenvalue weighted by Gasteiger charge is -2.24. The van der Waals surface area contributed by atoms with Crippen LogP contribution in [0.4, 0.5) is 0 Å². The van der Waals surface area contributed by atoms with Crippen LogP contribution in [0.5, 0.6) is 0 Å². The summed E-state index contributed by atoms with van der Waals surface area (Å²) in [6.45, 7) is 6.43. The number of hydrogen-bond acceptors (Lipinski definition) is 3. The second kappa shape index (κ2) is 4.60. The van der Waals surface area contributed by atoms with Crippen molar-refractivity contribution in [2.45, 2.75) is 38.3 Å². The smallest absolute Gasteiger partial charge is 0.0664 e. The van der Waals surface area contributed by atoms with E-state index in [0.29, 0.717) is 6.04 Å². The molecule has 2 fully saturated rings. The summed E-state index contributed by atoms with van der Waals surface area (Å²) >= 11 is 0. The summed E-state index contributed by atoms with van der Waals surface area (Å²) in [6, 6.07) is 0.702. The van der Waals surface area contributed by atoms with Gasteiger partial charge in [0, 0.05) is 25.7 Å². The lowest BCUT2D eigenvalue weighted by atomic mass is 9.94. The van der Waals surface area contributed by atoms with Gasteiger partial charge in [-0.15, -0.1) is 0 Å². The average Bonchev–Trinajstić information content (AvgIpc) is 2.59. The largest absolute Gasteiger partial charge is 0.392 e. The zero-order valence-corrected chi connectivity index (χ0v) is 9.08. The van der Waals surface area contributed by atoms with E-state index < -0.39 is 0 Å². The molecular weight excluding hydrogens is 176 g/mol. The molecule has 0 aromatic rings. The molecule has 3 nitrogen and oxygen atoms in total. The Morgan fingerprint density at radius 1 is 1.50 bits per heavy atom. The number of aliphatic hydroxyl groups excluding tert-OH is 1. The molecule has 0 bridgehead atoms. The highest BCUT2D eigenvalue weighted by atomic mass is 16.3. The van der Waals surface area contributed by atoms with Gasteiger partial charge in [0.2, 0.25) is 0 Å². The van der Waals surface area contributed by atoms with Gasteiger partial charge in [0.15, 0.2) is 0 Å². The third kappa shape index (κ3) is 2.27. The van der Waals surface area contributed by atoms with Crippen LogP contribution >= 0.6 is 0 Å². The van der Waals surface area contributed by atoms with Gasteiger partial charge < -0.3 is 10.4 Å². The molecule has 2 rings (SSSR count). The van der Waals surface area contributed by atoms with E-state index in [2.05, 4.69) is 10.2 Å². The van der Waals surface area contributed by atoms with E-state index in [9.17, 15) is 5.11 Å². The van der Waals surface area contributed by atoms with Crippen molar-refractivity contribution in [3.63, 3.8) is 0 Å². The first kappa shape index (κ1) is 10.4. The van der Waals surface area contributed by atoms with Gasteiger partial charge in [-0.2, -0.15) is 0 Å². The first-order chi connectivity index (χ1) is 6.79. The number of nitrogens with zero attached hydrogens (tertiary/aromatic N) is 1. The van der Waals surface area contributed by atoms with E-state index in [1.165, 1.54) is 25.9 Å². The molecule has 0 radical (unpaired) electrons. The first-order valence-corrected chi connectivity index (χ1v) is 5.93. The number of piperidine rings is 1. The molecule has 2 saturated heterocycles. The minimum absolute atomic E-state index is 0.129. The highest BCUT2D eigenvalue weighted by molar-refractivity contribution is 4.92. The minimum Gasteiger partial charge on any atom is -0.392 e. The van der Waals surface area contributed by atoms with Crippen LogP contribution in [-0.2, 0) is 0 Å². The Balaban J connectivity index is 1.80. The van der Waals surface area contributed by atoms with Crippen LogP contribution < -0.4 is 5.32 Å². The molecular formula is C11H22N2O. The summed E-state index contributed by atoms with van der Waals surface area (Å²) in [5, 5.41) is 13.2. The van der Waals surface area contributed by atoms with E-state index in [-0.39, 0.29) is 6.10 Å². The van der Waals surface area contributed by atoms with Crippen molar-refractivity contribution in [2.24, 2.45) is 5.92 Å². The molecule has 0 aromatic carbocycles. The second-order valence-corrected chi connectivity index (χ2v) is 4.74. The molecule has 0 spiro atoms. The number of hydrogen-bond donors (Lipinski definition) is 2. The Labute approximate surface area is 86.5 Å². The molecule has 14 heavy (non-hydrogen) atoms. The third-order valence-corrected chi connectivity index (χ3v) is 3.62. The van der Waals surface area contributed by atoms with Crippen molar-refractivity contribution in [1.29, 1.82) is 0 Å². The molecule has 82 valence electrons. The van der Waals surface area contributed by atoms with Gasteiger partial charge in [-0.25, -0.2) is 0 Å². The predicted octanol–water partition coefficient (Wildman–Crippen LogP) is 0.441. The van der Waals surface area contributed by atoms with Crippen LogP contribution in [0.3, 0.4) is 0 Å². The molecule has 2 N–H and O–H groups in total. The fraction of sp³-hybridized carbons (Fsp3) is 1.00. The van der Waals surface area contributed by atoms with Crippen LogP contribution in [0.25, 0.3) is 0 Å². The maximum absolute atomic E-state index is 9.59. The number of rotatable bonds is 3. The summed E-state index contributed by atoms with van der Waals surface area (Å²) < 4.78 is 0. The maximum Gasteiger partial charge on any atom is 0.0664 e. The van der Waals surface area contributed by atoms with E-state index in [1.54, 1.807) is 0 Å². The monoisotopic (exact) mass is 198 g/mol. The van der Waals surface area contributed by atoms with E-state index >= 15 is 0 Å². The normalized spacial score (nSPS) is 35.6. The zero-order valence-electron chi connectivity index (χ0n) is 9.08. The van der Waals surface area contributed by atoms with Gasteiger partial charge in [-0.3, -0.25) is 4.90 Å². The summed E-state index contributed by atoms with van der Waals surface area (Å²) in [7, 11) is 0. The van der Waals surface area contributed by atoms with Crippen molar-refractivity contribution in [1.82, 2.24) is 10.2 Å². The highest BCUT2D eigenvalue weighted by Crippen LogP contribution is 2.24. The lowest BCUT2D eigenvalue weighted by Crippen LogP contribution is -2.41. The molecule has 2 aliphatic heterocycles. The van der Waals surface area contributed by atoms with Crippen LogP contribution in [0, 0.1) is 5.92 Å². The molecule has 3 atom stereocenters. The molecule has 3 heteroatoms. The SMILES string of the molecule is CCC(O)CN1CC2CCCNC2C1. The van der Waals surface area contributed by atoms with Gasteiger partial charge in [0.05, 0.1) is 6.10 Å². The Bertz CT molecular complexity index is 172. The third-order valence-electron chi connectivity index (χ3n) is 3.62. The van der Waals surface area contributed by atoms with Crippen molar-refractivity contribution in [2.75, 3.05) is 26.2 Å². The molecule has 2 aliphatic rings. The summed E-state index contributed by atoms with van der Waals surface area (Å²) in [5.74, 6) is 0.841. The molecule has 2 heterocycles. The Morgan fingerprint density at radius 2 is 2.36 bits per heavy atom. The quantitative estimate of drug-likeness (QED) is 0.691. The van der Waals surface area contributed by atoms with Gasteiger partial charge in [-0.1, -0.05) is 6.92 Å². The lowest BCUT2D eigenvalue weighted by molar-refractivity contribution is 0.119. The molecule has 0 aliphatic carbocycles. The predicted molar refractivity (Wildman–Crippen MR) is 57.3 cm³/mol. The van der Waals surface area contributed by atoms with E-state index in [1.807, 2.05) is 6.92 Å². The summed E-state index contributed by atoms with van der Waals surface area (Å²) in [5.41, 5.74) is 0. The van der Waals surface area contributed by atoms with Crippen molar-refractivity contribution < 1.29 is 5.11 Å². The standard InChI is InChI=1S/C11H22N2O/c1-2-10(14)7-13-6-9-4-3-5-12-11(9)8-13/h9-12,14H,2-8H2,1H3. The van der Waals surface area contributed by atoms with Gasteiger partial charge >= 0.3 is 0 Å². The topological polar surface area (TPSA) is 35.5 Å². The van der Waals surface area contributed by atoms with Crippen molar-refractivity contribution >= 4 is 0 Å². The van der Waals surface area contributed by atoms with E-state index in [0.717, 1.165) is 25.4 Å². The number of aliphatic hydroxyl groups is 1. The van der Waals surface area contributed by atoms with E-state index in [4.69, 9.17) is 0 Å². The second-order valence-electron chi connectivity index (χ2n) is 4.74. The van der Waals surface area contributed by atoms with Gasteiger partial charge in [-0.05, 0) is 31.7 Å². The maximum atomic E-state index is 9.59. The fourth-order valence-electron chi connectivity index (χ4n) is 2.71. The number of nitrogens with one attached hydrogen (secondary N) is 1. The molecule has 0 amide bonds. The van der Waals surface area contributed by atoms with Crippen LogP contribution in [-0.4, -0.2) is 48.3 Å². The summed E-state index contributed by atoms with van der Waals surface area (Å²) in [6.07, 6.45) is 3.44. The zero-order chi connectivity index (χ0) is 9.97.